The highest BCUT2D eigenvalue weighted by Crippen LogP contribution is 2.32. The van der Waals surface area contributed by atoms with E-state index >= 15 is 0 Å². The molecule has 0 bridgehead atoms. The molecule has 1 aromatic carbocycles. The molecule has 1 aliphatic heterocycles. The molecular formula is C14H20N2O2. The molecular weight excluding hydrogens is 228 g/mol. The third kappa shape index (κ3) is 2.94. The fourth-order valence-electron chi connectivity index (χ4n) is 2.09. The molecule has 0 atom stereocenters. The van der Waals surface area contributed by atoms with Gasteiger partial charge in [0.15, 0.2) is 0 Å². The molecule has 1 aromatic rings. The number of anilines is 2. The van der Waals surface area contributed by atoms with Crippen molar-refractivity contribution in [1.82, 2.24) is 0 Å². The number of nitrogens with two attached hydrogens (primary N) is 1. The number of aryl methyl sites for hydroxylation is 1. The van der Waals surface area contributed by atoms with Crippen LogP contribution in [0.3, 0.4) is 0 Å². The summed E-state index contributed by atoms with van der Waals surface area (Å²) in [5, 5.41) is 2.85. The van der Waals surface area contributed by atoms with Crippen molar-refractivity contribution in [2.45, 2.75) is 39.0 Å². The smallest absolute Gasteiger partial charge is 0.224 e. The van der Waals surface area contributed by atoms with Crippen LogP contribution in [0.1, 0.15) is 38.2 Å². The van der Waals surface area contributed by atoms with E-state index < -0.39 is 0 Å². The van der Waals surface area contributed by atoms with Crippen LogP contribution in [0.2, 0.25) is 0 Å². The van der Waals surface area contributed by atoms with E-state index in [-0.39, 0.29) is 5.91 Å². The van der Waals surface area contributed by atoms with Gasteiger partial charge in [0, 0.05) is 18.2 Å². The van der Waals surface area contributed by atoms with E-state index in [1.807, 2.05) is 12.1 Å². The minimum atomic E-state index is 0.0594. The van der Waals surface area contributed by atoms with E-state index in [9.17, 15) is 4.79 Å². The van der Waals surface area contributed by atoms with Crippen molar-refractivity contribution in [1.29, 1.82) is 0 Å². The largest absolute Gasteiger partial charge is 0.491 e. The van der Waals surface area contributed by atoms with Crippen molar-refractivity contribution in [3.63, 3.8) is 0 Å². The molecule has 0 saturated heterocycles. The van der Waals surface area contributed by atoms with Gasteiger partial charge in [-0.2, -0.15) is 0 Å². The third-order valence-corrected chi connectivity index (χ3v) is 3.14. The maximum Gasteiger partial charge on any atom is 0.224 e. The summed E-state index contributed by atoms with van der Waals surface area (Å²) in [4.78, 5) is 11.3. The van der Waals surface area contributed by atoms with Crippen LogP contribution in [0.15, 0.2) is 12.1 Å². The van der Waals surface area contributed by atoms with E-state index in [1.54, 1.807) is 0 Å². The SMILES string of the molecule is CCCCCOc1cc2c(cc1N)CCC(=O)N2. The maximum atomic E-state index is 11.3. The number of unbranched alkanes of at least 4 members (excludes halogenated alkanes) is 2. The Morgan fingerprint density at radius 3 is 2.94 bits per heavy atom. The zero-order valence-corrected chi connectivity index (χ0v) is 10.8. The van der Waals surface area contributed by atoms with Crippen LogP contribution < -0.4 is 15.8 Å². The number of carbonyl (C=O) groups excluding carboxylic acids is 1. The fourth-order valence-corrected chi connectivity index (χ4v) is 2.09. The zero-order chi connectivity index (χ0) is 13.0. The van der Waals surface area contributed by atoms with Crippen LogP contribution in [-0.2, 0) is 11.2 Å². The van der Waals surface area contributed by atoms with E-state index in [2.05, 4.69) is 12.2 Å². The van der Waals surface area contributed by atoms with Crippen LogP contribution in [0.4, 0.5) is 11.4 Å². The maximum absolute atomic E-state index is 11.3. The average Bonchev–Trinajstić information content (AvgIpc) is 2.35. The summed E-state index contributed by atoms with van der Waals surface area (Å²) in [7, 11) is 0. The van der Waals surface area contributed by atoms with Crippen molar-refractivity contribution in [2.75, 3.05) is 17.7 Å². The highest BCUT2D eigenvalue weighted by molar-refractivity contribution is 5.94. The molecule has 4 heteroatoms. The Labute approximate surface area is 108 Å². The second-order valence-corrected chi connectivity index (χ2v) is 4.65. The van der Waals surface area contributed by atoms with Crippen LogP contribution in [-0.4, -0.2) is 12.5 Å². The van der Waals surface area contributed by atoms with Crippen LogP contribution in [0, 0.1) is 0 Å². The summed E-state index contributed by atoms with van der Waals surface area (Å²) in [6, 6.07) is 3.75. The number of nitrogens with one attached hydrogen (secondary N) is 1. The van der Waals surface area contributed by atoms with Crippen molar-refractivity contribution in [2.24, 2.45) is 0 Å². The Hall–Kier alpha value is -1.71. The van der Waals surface area contributed by atoms with Crippen molar-refractivity contribution >= 4 is 17.3 Å². The predicted molar refractivity (Wildman–Crippen MR) is 72.8 cm³/mol. The molecule has 0 fully saturated rings. The lowest BCUT2D eigenvalue weighted by molar-refractivity contribution is -0.116. The molecule has 18 heavy (non-hydrogen) atoms. The van der Waals surface area contributed by atoms with Gasteiger partial charge in [-0.1, -0.05) is 19.8 Å². The summed E-state index contributed by atoms with van der Waals surface area (Å²) < 4.78 is 5.66. The lowest BCUT2D eigenvalue weighted by Crippen LogP contribution is -2.19. The van der Waals surface area contributed by atoms with Gasteiger partial charge in [-0.25, -0.2) is 0 Å². The van der Waals surface area contributed by atoms with Gasteiger partial charge >= 0.3 is 0 Å². The zero-order valence-electron chi connectivity index (χ0n) is 10.8. The van der Waals surface area contributed by atoms with Crippen LogP contribution in [0.25, 0.3) is 0 Å². The number of ether oxygens (including phenoxy) is 1. The summed E-state index contributed by atoms with van der Waals surface area (Å²) in [6.45, 7) is 2.83. The number of nitrogen functional groups attached to an aromatic ring is 1. The molecule has 0 aliphatic carbocycles. The number of benzene rings is 1. The molecule has 1 amide bonds. The number of fused-ring (bicyclic) bond motifs is 1. The van der Waals surface area contributed by atoms with Gasteiger partial charge in [0.2, 0.25) is 5.91 Å². The van der Waals surface area contributed by atoms with Gasteiger partial charge in [-0.3, -0.25) is 4.79 Å². The Morgan fingerprint density at radius 2 is 2.17 bits per heavy atom. The Balaban J connectivity index is 2.06. The first-order valence-electron chi connectivity index (χ1n) is 6.55. The Morgan fingerprint density at radius 1 is 1.33 bits per heavy atom. The van der Waals surface area contributed by atoms with E-state index in [4.69, 9.17) is 10.5 Å². The molecule has 0 saturated carbocycles. The molecule has 3 N–H and O–H groups in total. The fraction of sp³-hybridized carbons (Fsp3) is 0.500. The molecule has 0 radical (unpaired) electrons. The standard InChI is InChI=1S/C14H20N2O2/c1-2-3-4-7-18-13-9-12-10(8-11(13)15)5-6-14(17)16-12/h8-9H,2-7,15H2,1H3,(H,16,17). The number of carbonyl (C=O) groups is 1. The highest BCUT2D eigenvalue weighted by Gasteiger charge is 2.17. The molecule has 4 nitrogen and oxygen atoms in total. The summed E-state index contributed by atoms with van der Waals surface area (Å²) in [5.74, 6) is 0.733. The Kier molecular flexibility index (Phi) is 4.07. The molecule has 98 valence electrons. The van der Waals surface area contributed by atoms with Crippen LogP contribution in [0.5, 0.6) is 5.75 Å². The highest BCUT2D eigenvalue weighted by atomic mass is 16.5. The van der Waals surface area contributed by atoms with E-state index in [0.29, 0.717) is 24.5 Å². The minimum Gasteiger partial charge on any atom is -0.491 e. The molecule has 0 aromatic heterocycles. The van der Waals surface area contributed by atoms with Gasteiger partial charge in [0.25, 0.3) is 0 Å². The normalized spacial score (nSPS) is 13.9. The summed E-state index contributed by atoms with van der Waals surface area (Å²) >= 11 is 0. The predicted octanol–water partition coefficient (Wildman–Crippen LogP) is 2.72. The van der Waals surface area contributed by atoms with Gasteiger partial charge in [-0.15, -0.1) is 0 Å². The number of amides is 1. The first-order chi connectivity index (χ1) is 8.70. The second kappa shape index (κ2) is 5.76. The van der Waals surface area contributed by atoms with E-state index in [1.165, 1.54) is 6.42 Å². The first kappa shape index (κ1) is 12.7. The third-order valence-electron chi connectivity index (χ3n) is 3.14. The number of hydrogen-bond donors (Lipinski definition) is 2. The number of hydrogen-bond acceptors (Lipinski definition) is 3. The lowest BCUT2D eigenvalue weighted by Gasteiger charge is -2.19. The van der Waals surface area contributed by atoms with Gasteiger partial charge in [-0.05, 0) is 24.5 Å². The monoisotopic (exact) mass is 248 g/mol. The lowest BCUT2D eigenvalue weighted by atomic mass is 10.0. The van der Waals surface area contributed by atoms with Crippen LogP contribution >= 0.6 is 0 Å². The summed E-state index contributed by atoms with van der Waals surface area (Å²) in [6.07, 6.45) is 4.63. The summed E-state index contributed by atoms with van der Waals surface area (Å²) in [5.41, 5.74) is 8.54. The molecule has 1 aliphatic rings. The Bertz CT molecular complexity index is 444. The topological polar surface area (TPSA) is 64.3 Å². The van der Waals surface area contributed by atoms with Gasteiger partial charge < -0.3 is 15.8 Å². The van der Waals surface area contributed by atoms with Crippen molar-refractivity contribution in [3.05, 3.63) is 17.7 Å². The number of rotatable bonds is 5. The van der Waals surface area contributed by atoms with Gasteiger partial charge in [0.05, 0.1) is 12.3 Å². The van der Waals surface area contributed by atoms with Crippen molar-refractivity contribution < 1.29 is 9.53 Å². The quantitative estimate of drug-likeness (QED) is 0.622. The first-order valence-corrected chi connectivity index (χ1v) is 6.55. The second-order valence-electron chi connectivity index (χ2n) is 4.65. The minimum absolute atomic E-state index is 0.0594. The molecule has 2 rings (SSSR count). The van der Waals surface area contributed by atoms with Crippen molar-refractivity contribution in [3.8, 4) is 5.75 Å². The van der Waals surface area contributed by atoms with Gasteiger partial charge in [0.1, 0.15) is 5.75 Å². The average molecular weight is 248 g/mol. The molecule has 1 heterocycles. The molecule has 0 unspecified atom stereocenters. The van der Waals surface area contributed by atoms with E-state index in [0.717, 1.165) is 30.5 Å². The molecule has 0 spiro atoms.